The smallest absolute Gasteiger partial charge is 0.272 e. The predicted octanol–water partition coefficient (Wildman–Crippen LogP) is 0.428. The van der Waals surface area contributed by atoms with Gasteiger partial charge in [-0.05, 0) is 31.7 Å². The average molecular weight is 425 g/mol. The van der Waals surface area contributed by atoms with Gasteiger partial charge in [0.2, 0.25) is 17.7 Å². The van der Waals surface area contributed by atoms with E-state index in [0.29, 0.717) is 68.3 Å². The van der Waals surface area contributed by atoms with Crippen LogP contribution in [0.5, 0.6) is 0 Å². The summed E-state index contributed by atoms with van der Waals surface area (Å²) in [6.07, 6.45) is 2.60. The summed E-state index contributed by atoms with van der Waals surface area (Å²) in [7, 11) is 0. The number of primary amides is 1. The van der Waals surface area contributed by atoms with E-state index in [1.807, 2.05) is 11.0 Å². The van der Waals surface area contributed by atoms with Crippen molar-refractivity contribution in [2.45, 2.75) is 32.1 Å². The highest BCUT2D eigenvalue weighted by atomic mass is 16.2. The standard InChI is InChI=1S/C22H27N5O4/c23-20(29)14-5-11-27(12-6-14)22(31)15-7-9-26(10-8-15)19(28)13-18-16-3-1-2-4-17(16)21(30)25-24-18/h1-4,14-15H,5-13H2,(H2,23,29)(H,25,30). The zero-order valence-corrected chi connectivity index (χ0v) is 17.4. The van der Waals surface area contributed by atoms with Crippen molar-refractivity contribution < 1.29 is 14.4 Å². The number of amides is 3. The van der Waals surface area contributed by atoms with Crippen molar-refractivity contribution in [1.29, 1.82) is 0 Å². The molecule has 2 saturated heterocycles. The van der Waals surface area contributed by atoms with Crippen LogP contribution < -0.4 is 11.3 Å². The van der Waals surface area contributed by atoms with E-state index in [0.717, 1.165) is 0 Å². The van der Waals surface area contributed by atoms with Crippen LogP contribution in [0.2, 0.25) is 0 Å². The maximum atomic E-state index is 12.8. The van der Waals surface area contributed by atoms with Crippen molar-refractivity contribution >= 4 is 28.5 Å². The van der Waals surface area contributed by atoms with Gasteiger partial charge >= 0.3 is 0 Å². The van der Waals surface area contributed by atoms with Gasteiger partial charge in [-0.15, -0.1) is 0 Å². The number of benzene rings is 1. The van der Waals surface area contributed by atoms with Gasteiger partial charge in [-0.25, -0.2) is 5.10 Å². The number of aromatic amines is 1. The fraction of sp³-hybridized carbons (Fsp3) is 0.500. The molecule has 2 fully saturated rings. The summed E-state index contributed by atoms with van der Waals surface area (Å²) in [6.45, 7) is 2.18. The quantitative estimate of drug-likeness (QED) is 0.734. The lowest BCUT2D eigenvalue weighted by Crippen LogP contribution is -2.47. The Morgan fingerprint density at radius 3 is 2.16 bits per heavy atom. The van der Waals surface area contributed by atoms with Gasteiger partial charge in [0.25, 0.3) is 5.56 Å². The molecular weight excluding hydrogens is 398 g/mol. The van der Waals surface area contributed by atoms with E-state index in [4.69, 9.17) is 5.73 Å². The van der Waals surface area contributed by atoms with Gasteiger partial charge in [-0.1, -0.05) is 18.2 Å². The number of piperidine rings is 2. The van der Waals surface area contributed by atoms with Crippen LogP contribution in [0.25, 0.3) is 10.8 Å². The molecule has 2 aliphatic heterocycles. The van der Waals surface area contributed by atoms with Crippen molar-refractivity contribution in [2.75, 3.05) is 26.2 Å². The predicted molar refractivity (Wildman–Crippen MR) is 114 cm³/mol. The molecule has 0 spiro atoms. The number of nitrogens with zero attached hydrogens (tertiary/aromatic N) is 3. The molecule has 0 aliphatic carbocycles. The number of aromatic nitrogens is 2. The Labute approximate surface area is 179 Å². The number of nitrogens with one attached hydrogen (secondary N) is 1. The maximum absolute atomic E-state index is 12.8. The van der Waals surface area contributed by atoms with Crippen LogP contribution in [-0.2, 0) is 20.8 Å². The molecule has 164 valence electrons. The molecule has 9 heteroatoms. The summed E-state index contributed by atoms with van der Waals surface area (Å²) in [5.74, 6) is -0.466. The van der Waals surface area contributed by atoms with Gasteiger partial charge in [0, 0.05) is 43.4 Å². The Morgan fingerprint density at radius 2 is 1.52 bits per heavy atom. The molecule has 9 nitrogen and oxygen atoms in total. The largest absolute Gasteiger partial charge is 0.369 e. The van der Waals surface area contributed by atoms with Crippen molar-refractivity contribution in [3.8, 4) is 0 Å². The van der Waals surface area contributed by atoms with Crippen LogP contribution in [0.3, 0.4) is 0 Å². The number of carbonyl (C=O) groups excluding carboxylic acids is 3. The number of likely N-dealkylation sites (tertiary alicyclic amines) is 2. The number of hydrogen-bond acceptors (Lipinski definition) is 5. The third-order valence-corrected chi connectivity index (χ3v) is 6.50. The monoisotopic (exact) mass is 425 g/mol. The number of carbonyl (C=O) groups is 3. The second kappa shape index (κ2) is 8.87. The van der Waals surface area contributed by atoms with E-state index in [2.05, 4.69) is 10.2 Å². The Morgan fingerprint density at radius 1 is 0.935 bits per heavy atom. The van der Waals surface area contributed by atoms with E-state index in [9.17, 15) is 19.2 Å². The molecule has 3 N–H and O–H groups in total. The van der Waals surface area contributed by atoms with Crippen LogP contribution in [-0.4, -0.2) is 63.9 Å². The maximum Gasteiger partial charge on any atom is 0.272 e. The number of hydrogen-bond donors (Lipinski definition) is 2. The minimum absolute atomic E-state index is 0.0575. The SMILES string of the molecule is NC(=O)C1CCN(C(=O)C2CCN(C(=O)Cc3n[nH]c(=O)c4ccccc34)CC2)CC1. The molecule has 0 radical (unpaired) electrons. The topological polar surface area (TPSA) is 129 Å². The molecule has 0 unspecified atom stereocenters. The van der Waals surface area contributed by atoms with Gasteiger partial charge in [-0.2, -0.15) is 5.10 Å². The Balaban J connectivity index is 1.33. The van der Waals surface area contributed by atoms with Gasteiger partial charge in [0.1, 0.15) is 0 Å². The van der Waals surface area contributed by atoms with Crippen LogP contribution in [0, 0.1) is 11.8 Å². The lowest BCUT2D eigenvalue weighted by atomic mass is 9.91. The minimum Gasteiger partial charge on any atom is -0.369 e. The molecular formula is C22H27N5O4. The summed E-state index contributed by atoms with van der Waals surface area (Å²) in [5, 5.41) is 7.75. The first-order chi connectivity index (χ1) is 14.9. The third-order valence-electron chi connectivity index (χ3n) is 6.50. The summed E-state index contributed by atoms with van der Waals surface area (Å²) >= 11 is 0. The van der Waals surface area contributed by atoms with Gasteiger partial charge in [0.15, 0.2) is 0 Å². The van der Waals surface area contributed by atoms with E-state index < -0.39 is 0 Å². The number of rotatable bonds is 4. The summed E-state index contributed by atoms with van der Waals surface area (Å²) in [4.78, 5) is 52.5. The van der Waals surface area contributed by atoms with Gasteiger partial charge in [-0.3, -0.25) is 19.2 Å². The average Bonchev–Trinajstić information content (AvgIpc) is 2.80. The van der Waals surface area contributed by atoms with Gasteiger partial charge < -0.3 is 15.5 Å². The fourth-order valence-corrected chi connectivity index (χ4v) is 4.58. The molecule has 0 saturated carbocycles. The molecule has 2 aromatic rings. The molecule has 31 heavy (non-hydrogen) atoms. The zero-order chi connectivity index (χ0) is 22.0. The van der Waals surface area contributed by atoms with Crippen LogP contribution >= 0.6 is 0 Å². The highest BCUT2D eigenvalue weighted by Gasteiger charge is 2.33. The van der Waals surface area contributed by atoms with Crippen LogP contribution in [0.4, 0.5) is 0 Å². The van der Waals surface area contributed by atoms with Crippen molar-refractivity contribution in [2.24, 2.45) is 17.6 Å². The Kier molecular flexibility index (Phi) is 6.01. The molecule has 4 rings (SSSR count). The fourth-order valence-electron chi connectivity index (χ4n) is 4.58. The molecule has 3 amide bonds. The van der Waals surface area contributed by atoms with E-state index in [1.54, 1.807) is 23.1 Å². The first-order valence-corrected chi connectivity index (χ1v) is 10.8. The number of fused-ring (bicyclic) bond motifs is 1. The lowest BCUT2D eigenvalue weighted by Gasteiger charge is -2.36. The normalized spacial score (nSPS) is 18.3. The lowest BCUT2D eigenvalue weighted by molar-refractivity contribution is -0.142. The zero-order valence-electron chi connectivity index (χ0n) is 17.4. The van der Waals surface area contributed by atoms with Gasteiger partial charge in [0.05, 0.1) is 17.5 Å². The highest BCUT2D eigenvalue weighted by molar-refractivity contribution is 5.88. The number of nitrogens with two attached hydrogens (primary N) is 1. The molecule has 0 bridgehead atoms. The van der Waals surface area contributed by atoms with Crippen molar-refractivity contribution in [3.63, 3.8) is 0 Å². The second-order valence-corrected chi connectivity index (χ2v) is 8.38. The first-order valence-electron chi connectivity index (χ1n) is 10.8. The van der Waals surface area contributed by atoms with Crippen molar-refractivity contribution in [3.05, 3.63) is 40.3 Å². The van der Waals surface area contributed by atoms with Crippen LogP contribution in [0.1, 0.15) is 31.4 Å². The molecule has 0 atom stereocenters. The van der Waals surface area contributed by atoms with Crippen molar-refractivity contribution in [1.82, 2.24) is 20.0 Å². The van der Waals surface area contributed by atoms with E-state index >= 15 is 0 Å². The minimum atomic E-state index is -0.288. The highest BCUT2D eigenvalue weighted by Crippen LogP contribution is 2.24. The first kappa shape index (κ1) is 21.0. The molecule has 2 aliphatic rings. The summed E-state index contributed by atoms with van der Waals surface area (Å²) in [6, 6.07) is 7.11. The molecule has 1 aromatic heterocycles. The third kappa shape index (κ3) is 4.45. The van der Waals surface area contributed by atoms with E-state index in [1.165, 1.54) is 0 Å². The second-order valence-electron chi connectivity index (χ2n) is 8.38. The number of H-pyrrole nitrogens is 1. The molecule has 1 aromatic carbocycles. The van der Waals surface area contributed by atoms with E-state index in [-0.39, 0.29) is 41.5 Å². The Hall–Kier alpha value is -3.23. The summed E-state index contributed by atoms with van der Waals surface area (Å²) < 4.78 is 0. The van der Waals surface area contributed by atoms with Crippen LogP contribution in [0.15, 0.2) is 29.1 Å². The summed E-state index contributed by atoms with van der Waals surface area (Å²) in [5.41, 5.74) is 5.65. The molecule has 3 heterocycles. The Bertz CT molecular complexity index is 1050.